The van der Waals surface area contributed by atoms with E-state index in [1.54, 1.807) is 23.0 Å². The Hall–Kier alpha value is -5.74. The number of rotatable bonds is 11. The zero-order valence-electron chi connectivity index (χ0n) is 34.7. The summed E-state index contributed by atoms with van der Waals surface area (Å²) in [6, 6.07) is 11.8. The minimum atomic E-state index is -0.433. The van der Waals surface area contributed by atoms with Gasteiger partial charge in [0.1, 0.15) is 11.5 Å². The summed E-state index contributed by atoms with van der Waals surface area (Å²) in [4.78, 5) is 66.3. The van der Waals surface area contributed by atoms with Gasteiger partial charge in [-0.2, -0.15) is 5.10 Å². The van der Waals surface area contributed by atoms with Gasteiger partial charge in [0, 0.05) is 88.7 Å². The second-order valence-corrected chi connectivity index (χ2v) is 16.8. The van der Waals surface area contributed by atoms with E-state index in [9.17, 15) is 19.2 Å². The molecule has 8 rings (SSSR count). The SMILES string of the molecule is CNC(=O)COc1cc2cc(Nc3cc(N4CCC(CN5CCN(c6cccc7c(C8CCC(=O)NC8=O)nn(C)c67)[C@H](C)C5)CC4)ncc3Cl)cnc2n(C(C)C)c1=O. The van der Waals surface area contributed by atoms with Crippen LogP contribution in [0, 0.1) is 5.92 Å². The Morgan fingerprint density at radius 2 is 1.83 bits per heavy atom. The molecule has 3 amide bonds. The molecule has 1 unspecified atom stereocenters. The molecule has 0 bridgehead atoms. The van der Waals surface area contributed by atoms with Gasteiger partial charge in [-0.1, -0.05) is 23.7 Å². The van der Waals surface area contributed by atoms with Gasteiger partial charge < -0.3 is 25.2 Å². The zero-order valence-corrected chi connectivity index (χ0v) is 35.5. The molecule has 1 aromatic carbocycles. The Balaban J connectivity index is 0.891. The van der Waals surface area contributed by atoms with Gasteiger partial charge in [-0.05, 0) is 64.2 Å². The number of amides is 3. The number of piperazine rings is 1. The van der Waals surface area contributed by atoms with E-state index in [1.165, 1.54) is 7.05 Å². The molecule has 4 aromatic heterocycles. The molecule has 316 valence electrons. The van der Waals surface area contributed by atoms with Crippen molar-refractivity contribution < 1.29 is 19.1 Å². The van der Waals surface area contributed by atoms with E-state index >= 15 is 0 Å². The summed E-state index contributed by atoms with van der Waals surface area (Å²) in [5.41, 5.74) is 4.41. The zero-order chi connectivity index (χ0) is 42.2. The Bertz CT molecular complexity index is 2510. The average molecular weight is 838 g/mol. The first-order valence-electron chi connectivity index (χ1n) is 20.7. The molecular formula is C43H52ClN11O5. The van der Waals surface area contributed by atoms with Crippen molar-refractivity contribution in [3.05, 3.63) is 69.9 Å². The molecule has 2 atom stereocenters. The van der Waals surface area contributed by atoms with Crippen LogP contribution in [0.1, 0.15) is 64.1 Å². The summed E-state index contributed by atoms with van der Waals surface area (Å²) in [7, 11) is 3.45. The minimum absolute atomic E-state index is 0.0743. The lowest BCUT2D eigenvalue weighted by Gasteiger charge is -2.43. The molecule has 0 aliphatic carbocycles. The molecule has 3 fully saturated rings. The molecule has 3 aliphatic heterocycles. The van der Waals surface area contributed by atoms with E-state index in [1.807, 2.05) is 49.8 Å². The van der Waals surface area contributed by atoms with Crippen LogP contribution in [0.15, 0.2) is 53.6 Å². The number of benzene rings is 1. The highest BCUT2D eigenvalue weighted by molar-refractivity contribution is 6.33. The lowest BCUT2D eigenvalue weighted by atomic mass is 9.92. The first kappa shape index (κ1) is 41.0. The number of hydrogen-bond acceptors (Lipinski definition) is 12. The number of carbonyl (C=O) groups excluding carboxylic acids is 3. The highest BCUT2D eigenvalue weighted by Crippen LogP contribution is 2.37. The molecule has 3 N–H and O–H groups in total. The molecule has 0 spiro atoms. The molecule has 5 aromatic rings. The van der Waals surface area contributed by atoms with Crippen LogP contribution in [0.2, 0.25) is 5.02 Å². The lowest BCUT2D eigenvalue weighted by molar-refractivity contribution is -0.134. The number of imide groups is 1. The summed E-state index contributed by atoms with van der Waals surface area (Å²) < 4.78 is 9.06. The number of carbonyl (C=O) groups is 3. The molecule has 16 nitrogen and oxygen atoms in total. The highest BCUT2D eigenvalue weighted by atomic mass is 35.5. The van der Waals surface area contributed by atoms with E-state index < -0.39 is 5.92 Å². The number of aromatic nitrogens is 5. The van der Waals surface area contributed by atoms with Crippen LogP contribution in [0.3, 0.4) is 0 Å². The second-order valence-electron chi connectivity index (χ2n) is 16.4. The Labute approximate surface area is 353 Å². The Kier molecular flexibility index (Phi) is 11.7. The summed E-state index contributed by atoms with van der Waals surface area (Å²) in [5, 5.41) is 15.3. The lowest BCUT2D eigenvalue weighted by Crippen LogP contribution is -2.53. The first-order chi connectivity index (χ1) is 28.9. The van der Waals surface area contributed by atoms with Crippen LogP contribution < -0.4 is 36.0 Å². The van der Waals surface area contributed by atoms with Crippen molar-refractivity contribution >= 4 is 74.1 Å². The molecule has 0 saturated carbocycles. The van der Waals surface area contributed by atoms with Crippen molar-refractivity contribution in [3.63, 3.8) is 0 Å². The summed E-state index contributed by atoms with van der Waals surface area (Å²) >= 11 is 6.67. The van der Waals surface area contributed by atoms with Crippen LogP contribution in [0.4, 0.5) is 22.9 Å². The molecule has 7 heterocycles. The van der Waals surface area contributed by atoms with Crippen molar-refractivity contribution in [2.75, 3.05) is 68.0 Å². The van der Waals surface area contributed by atoms with Crippen LogP contribution in [0.25, 0.3) is 21.9 Å². The monoisotopic (exact) mass is 837 g/mol. The molecule has 3 saturated heterocycles. The van der Waals surface area contributed by atoms with Gasteiger partial charge in [-0.15, -0.1) is 0 Å². The number of anilines is 4. The standard InChI is InChI=1S/C43H52ClN11O5/c1-25(2)55-41-28(18-35(43(55)59)60-24-38(57)45-4)17-29(20-47-41)48-33-19-36(46-21-32(33)44)53-13-11-27(12-14-53)23-52-15-16-54(26(3)22-52)34-8-6-7-30-39(50-51(5)40(30)34)31-9-10-37(56)49-42(31)58/h6-8,17-21,25-27,31H,9-16,22-24H2,1-5H3,(H,45,57)(H,46,48)(H,49,56,58)/t26-,31?/m1/s1. The number of halogens is 1. The fourth-order valence-electron chi connectivity index (χ4n) is 8.97. The Morgan fingerprint density at radius 3 is 2.57 bits per heavy atom. The number of ether oxygens (including phenoxy) is 1. The number of aryl methyl sites for hydroxylation is 1. The fourth-order valence-corrected chi connectivity index (χ4v) is 9.12. The number of fused-ring (bicyclic) bond motifs is 2. The first-order valence-corrected chi connectivity index (χ1v) is 21.1. The van der Waals surface area contributed by atoms with Crippen LogP contribution >= 0.6 is 11.6 Å². The topological polar surface area (TPSA) is 172 Å². The van der Waals surface area contributed by atoms with Crippen LogP contribution in [-0.2, 0) is 21.4 Å². The molecule has 0 radical (unpaired) electrons. The molecule has 3 aliphatic rings. The van der Waals surface area contributed by atoms with Gasteiger partial charge >= 0.3 is 0 Å². The molecular weight excluding hydrogens is 786 g/mol. The van der Waals surface area contributed by atoms with E-state index in [-0.39, 0.29) is 47.7 Å². The number of piperidine rings is 2. The summed E-state index contributed by atoms with van der Waals surface area (Å²) in [6.07, 6.45) is 6.24. The van der Waals surface area contributed by atoms with Gasteiger partial charge in [0.2, 0.25) is 11.8 Å². The van der Waals surface area contributed by atoms with E-state index in [2.05, 4.69) is 48.6 Å². The minimum Gasteiger partial charge on any atom is -0.478 e. The van der Waals surface area contributed by atoms with Crippen molar-refractivity contribution in [2.45, 2.75) is 64.5 Å². The van der Waals surface area contributed by atoms with E-state index in [0.717, 1.165) is 80.2 Å². The Morgan fingerprint density at radius 1 is 1.03 bits per heavy atom. The van der Waals surface area contributed by atoms with E-state index in [4.69, 9.17) is 26.4 Å². The molecule has 60 heavy (non-hydrogen) atoms. The second kappa shape index (κ2) is 17.1. The third-order valence-corrected chi connectivity index (χ3v) is 12.3. The number of hydrogen-bond donors (Lipinski definition) is 3. The van der Waals surface area contributed by atoms with Crippen LogP contribution in [-0.4, -0.2) is 106 Å². The number of nitrogens with one attached hydrogen (secondary N) is 3. The maximum absolute atomic E-state index is 13.2. The van der Waals surface area contributed by atoms with E-state index in [0.29, 0.717) is 46.2 Å². The smallest absolute Gasteiger partial charge is 0.294 e. The maximum Gasteiger partial charge on any atom is 0.294 e. The van der Waals surface area contributed by atoms with Crippen molar-refractivity contribution in [1.82, 2.24) is 39.8 Å². The predicted molar refractivity (Wildman–Crippen MR) is 233 cm³/mol. The normalized spacial score (nSPS) is 19.3. The average Bonchev–Trinajstić information content (AvgIpc) is 3.57. The summed E-state index contributed by atoms with van der Waals surface area (Å²) in [5.74, 6) is 0.230. The largest absolute Gasteiger partial charge is 0.478 e. The van der Waals surface area contributed by atoms with Gasteiger partial charge in [-0.25, -0.2) is 9.97 Å². The number of nitrogens with zero attached hydrogens (tertiary/aromatic N) is 8. The third-order valence-electron chi connectivity index (χ3n) is 12.0. The van der Waals surface area contributed by atoms with Crippen molar-refractivity contribution in [1.29, 1.82) is 0 Å². The van der Waals surface area contributed by atoms with Gasteiger partial charge in [0.15, 0.2) is 12.4 Å². The number of pyridine rings is 3. The predicted octanol–water partition coefficient (Wildman–Crippen LogP) is 4.73. The quantitative estimate of drug-likeness (QED) is 0.157. The maximum atomic E-state index is 13.2. The fraction of sp³-hybridized carbons (Fsp3) is 0.465. The van der Waals surface area contributed by atoms with Crippen LogP contribution in [0.5, 0.6) is 5.75 Å². The number of likely N-dealkylation sites (N-methyl/N-ethyl adjacent to an activating group) is 1. The van der Waals surface area contributed by atoms with Gasteiger partial charge in [0.25, 0.3) is 11.5 Å². The highest BCUT2D eigenvalue weighted by Gasteiger charge is 2.34. The van der Waals surface area contributed by atoms with Crippen molar-refractivity contribution in [2.24, 2.45) is 13.0 Å². The van der Waals surface area contributed by atoms with Gasteiger partial charge in [0.05, 0.1) is 51.6 Å². The third kappa shape index (κ3) is 8.22. The molecule has 17 heteroatoms. The number of para-hydroxylation sites is 1. The van der Waals surface area contributed by atoms with Crippen molar-refractivity contribution in [3.8, 4) is 5.75 Å². The summed E-state index contributed by atoms with van der Waals surface area (Å²) in [6.45, 7) is 11.4. The van der Waals surface area contributed by atoms with Gasteiger partial charge in [-0.3, -0.25) is 38.6 Å².